The number of hydrogen-bond donors (Lipinski definition) is 0. The van der Waals surface area contributed by atoms with Gasteiger partial charge >= 0.3 is 0 Å². The number of nitrogens with zero attached hydrogens (tertiary/aromatic N) is 5. The second-order valence-corrected chi connectivity index (χ2v) is 8.84. The highest BCUT2D eigenvalue weighted by molar-refractivity contribution is 6.06. The summed E-state index contributed by atoms with van der Waals surface area (Å²) in [6.45, 7) is 10.8. The molecule has 166 valence electrons. The third-order valence-electron chi connectivity index (χ3n) is 6.59. The summed E-state index contributed by atoms with van der Waals surface area (Å²) in [7, 11) is 0. The lowest BCUT2D eigenvalue weighted by Gasteiger charge is -2.26. The van der Waals surface area contributed by atoms with Crippen molar-refractivity contribution in [1.82, 2.24) is 19.7 Å². The lowest BCUT2D eigenvalue weighted by atomic mass is 10.0. The summed E-state index contributed by atoms with van der Waals surface area (Å²) in [6.07, 6.45) is 4.31. The lowest BCUT2D eigenvalue weighted by Crippen LogP contribution is -2.40. The molecule has 6 heteroatoms. The average Bonchev–Trinajstić information content (AvgIpc) is 3.14. The number of anilines is 1. The molecule has 1 aliphatic rings. The van der Waals surface area contributed by atoms with Crippen molar-refractivity contribution in [1.29, 1.82) is 0 Å². The first-order valence-corrected chi connectivity index (χ1v) is 11.2. The van der Waals surface area contributed by atoms with Gasteiger partial charge in [-0.05, 0) is 74.9 Å². The number of amides is 1. The maximum atomic E-state index is 13.7. The van der Waals surface area contributed by atoms with Gasteiger partial charge in [0.05, 0.1) is 11.4 Å². The van der Waals surface area contributed by atoms with E-state index in [4.69, 9.17) is 5.10 Å². The van der Waals surface area contributed by atoms with Gasteiger partial charge in [-0.15, -0.1) is 0 Å². The zero-order chi connectivity index (χ0) is 23.3. The van der Waals surface area contributed by atoms with Crippen LogP contribution in [0.25, 0.3) is 16.8 Å². The molecule has 5 rings (SSSR count). The van der Waals surface area contributed by atoms with Crippen LogP contribution in [-0.2, 0) is 6.42 Å². The summed E-state index contributed by atoms with van der Waals surface area (Å²) < 4.78 is 1.81. The van der Waals surface area contributed by atoms with Gasteiger partial charge in [0.25, 0.3) is 5.91 Å². The molecule has 0 atom stereocenters. The number of carbonyl (C=O) groups excluding carboxylic acids is 1. The molecule has 0 saturated heterocycles. The molecule has 0 saturated carbocycles. The molecule has 6 nitrogen and oxygen atoms in total. The summed E-state index contributed by atoms with van der Waals surface area (Å²) in [6, 6.07) is 12.4. The van der Waals surface area contributed by atoms with Crippen molar-refractivity contribution in [2.45, 2.75) is 41.0 Å². The van der Waals surface area contributed by atoms with Crippen LogP contribution >= 0.6 is 0 Å². The maximum Gasteiger partial charge on any atom is 0.279 e. The summed E-state index contributed by atoms with van der Waals surface area (Å²) in [5, 5.41) is 4.76. The van der Waals surface area contributed by atoms with Gasteiger partial charge in [-0.2, -0.15) is 5.10 Å². The maximum absolute atomic E-state index is 13.7. The minimum absolute atomic E-state index is 0.113. The molecule has 1 aliphatic heterocycles. The summed E-state index contributed by atoms with van der Waals surface area (Å²) in [4.78, 5) is 24.5. The Morgan fingerprint density at radius 2 is 1.55 bits per heavy atom. The van der Waals surface area contributed by atoms with E-state index in [1.165, 1.54) is 11.1 Å². The lowest BCUT2D eigenvalue weighted by molar-refractivity contribution is 0.0971. The predicted octanol–water partition coefficient (Wildman–Crippen LogP) is 5.07. The zero-order valence-electron chi connectivity index (χ0n) is 19.7. The van der Waals surface area contributed by atoms with Crippen molar-refractivity contribution < 1.29 is 4.79 Å². The van der Waals surface area contributed by atoms with Crippen LogP contribution in [0.2, 0.25) is 0 Å². The van der Waals surface area contributed by atoms with E-state index in [0.717, 1.165) is 45.6 Å². The van der Waals surface area contributed by atoms with Crippen LogP contribution in [0.15, 0.2) is 48.8 Å². The van der Waals surface area contributed by atoms with E-state index in [1.54, 1.807) is 17.3 Å². The Morgan fingerprint density at radius 3 is 2.27 bits per heavy atom. The molecule has 3 heterocycles. The van der Waals surface area contributed by atoms with Crippen LogP contribution in [0.1, 0.15) is 44.0 Å². The van der Waals surface area contributed by atoms with Crippen molar-refractivity contribution in [3.63, 3.8) is 0 Å². The molecular weight excluding hydrogens is 410 g/mol. The molecule has 0 bridgehead atoms. The number of carbonyl (C=O) groups is 1. The minimum Gasteiger partial charge on any atom is -0.275 e. The molecule has 33 heavy (non-hydrogen) atoms. The molecule has 0 radical (unpaired) electrons. The van der Waals surface area contributed by atoms with Crippen molar-refractivity contribution in [2.75, 3.05) is 11.4 Å². The Labute approximate surface area is 193 Å². The molecule has 1 amide bonds. The number of rotatable bonds is 3. The highest BCUT2D eigenvalue weighted by Gasteiger charge is 2.33. The van der Waals surface area contributed by atoms with Gasteiger partial charge in [-0.3, -0.25) is 9.69 Å². The predicted molar refractivity (Wildman–Crippen MR) is 130 cm³/mol. The van der Waals surface area contributed by atoms with E-state index in [1.807, 2.05) is 23.7 Å². The Balaban J connectivity index is 1.53. The van der Waals surface area contributed by atoms with Gasteiger partial charge in [0.15, 0.2) is 0 Å². The Hall–Kier alpha value is -3.80. The van der Waals surface area contributed by atoms with Gasteiger partial charge in [0, 0.05) is 30.1 Å². The average molecular weight is 438 g/mol. The molecular formula is C27H27N5O. The number of hydrogen-bond acceptors (Lipinski definition) is 4. The number of fused-ring (bicyclic) bond motifs is 1. The topological polar surface area (TPSA) is 63.9 Å². The number of benzene rings is 2. The normalized spacial score (nSPS) is 13.4. The third kappa shape index (κ3) is 3.52. The first-order chi connectivity index (χ1) is 15.8. The van der Waals surface area contributed by atoms with Gasteiger partial charge in [0.2, 0.25) is 5.95 Å². The fourth-order valence-corrected chi connectivity index (χ4v) is 4.57. The smallest absolute Gasteiger partial charge is 0.275 e. The Kier molecular flexibility index (Phi) is 5.08. The highest BCUT2D eigenvalue weighted by atomic mass is 16.2. The largest absolute Gasteiger partial charge is 0.279 e. The fraction of sp³-hybridized carbons (Fsp3) is 0.259. The molecule has 0 fully saturated rings. The van der Waals surface area contributed by atoms with Crippen molar-refractivity contribution in [2.24, 2.45) is 0 Å². The van der Waals surface area contributed by atoms with Gasteiger partial charge in [-0.25, -0.2) is 14.6 Å². The van der Waals surface area contributed by atoms with Gasteiger partial charge < -0.3 is 0 Å². The molecule has 0 spiro atoms. The van der Waals surface area contributed by atoms with E-state index >= 15 is 0 Å². The standard InChI is InChI=1S/C27H27N5O/c1-16-8-6-7-9-22(16)21-14-28-27(29-15-21)31-11-10-23-20(5)30-32(25(23)26(31)33)24-13-18(3)17(2)12-19(24)4/h6-9,12-15H,10-11H2,1-5H3. The Bertz CT molecular complexity index is 1380. The van der Waals surface area contributed by atoms with Crippen molar-refractivity contribution in [3.05, 3.63) is 88.0 Å². The SMILES string of the molecule is Cc1cc(C)c(-n2nc(C)c3c2C(=O)N(c2ncc(-c4ccccc4C)cn2)CC3)cc1C. The second-order valence-electron chi connectivity index (χ2n) is 8.84. The van der Waals surface area contributed by atoms with Gasteiger partial charge in [0.1, 0.15) is 5.69 Å². The van der Waals surface area contributed by atoms with Crippen LogP contribution in [-0.4, -0.2) is 32.2 Å². The molecule has 0 aliphatic carbocycles. The van der Waals surface area contributed by atoms with Crippen molar-refractivity contribution in [3.8, 4) is 16.8 Å². The molecule has 4 aromatic rings. The first-order valence-electron chi connectivity index (χ1n) is 11.2. The summed E-state index contributed by atoms with van der Waals surface area (Å²) in [5.74, 6) is 0.309. The van der Waals surface area contributed by atoms with Crippen LogP contribution in [0.3, 0.4) is 0 Å². The van der Waals surface area contributed by atoms with Crippen LogP contribution in [0.4, 0.5) is 5.95 Å². The van der Waals surface area contributed by atoms with Crippen LogP contribution in [0.5, 0.6) is 0 Å². The summed E-state index contributed by atoms with van der Waals surface area (Å²) in [5.41, 5.74) is 10.1. The van der Waals surface area contributed by atoms with E-state index in [2.05, 4.69) is 61.9 Å². The quantitative estimate of drug-likeness (QED) is 0.449. The number of aromatic nitrogens is 4. The molecule has 2 aromatic heterocycles. The third-order valence-corrected chi connectivity index (χ3v) is 6.59. The zero-order valence-corrected chi connectivity index (χ0v) is 19.7. The van der Waals surface area contributed by atoms with E-state index in [-0.39, 0.29) is 5.91 Å². The second kappa shape index (κ2) is 7.96. The van der Waals surface area contributed by atoms with E-state index < -0.39 is 0 Å². The van der Waals surface area contributed by atoms with E-state index in [9.17, 15) is 4.79 Å². The highest BCUT2D eigenvalue weighted by Crippen LogP contribution is 2.30. The first kappa shape index (κ1) is 21.1. The van der Waals surface area contributed by atoms with Gasteiger partial charge in [-0.1, -0.05) is 30.3 Å². The van der Waals surface area contributed by atoms with Crippen LogP contribution in [0, 0.1) is 34.6 Å². The monoisotopic (exact) mass is 437 g/mol. The summed E-state index contributed by atoms with van der Waals surface area (Å²) >= 11 is 0. The minimum atomic E-state index is -0.113. The van der Waals surface area contributed by atoms with Crippen molar-refractivity contribution >= 4 is 11.9 Å². The number of aryl methyl sites for hydroxylation is 5. The Morgan fingerprint density at radius 1 is 0.848 bits per heavy atom. The molecule has 0 unspecified atom stereocenters. The van der Waals surface area contributed by atoms with Crippen LogP contribution < -0.4 is 4.90 Å². The fourth-order valence-electron chi connectivity index (χ4n) is 4.57. The molecule has 0 N–H and O–H groups in total. The van der Waals surface area contributed by atoms with E-state index in [0.29, 0.717) is 18.2 Å². The molecule has 2 aromatic carbocycles.